The van der Waals surface area contributed by atoms with Crippen molar-refractivity contribution in [3.05, 3.63) is 18.5 Å². The van der Waals surface area contributed by atoms with Crippen LogP contribution in [0.5, 0.6) is 0 Å². The summed E-state index contributed by atoms with van der Waals surface area (Å²) in [5, 5.41) is 7.20. The molecule has 21 heavy (non-hydrogen) atoms. The van der Waals surface area contributed by atoms with Crippen molar-refractivity contribution in [3.63, 3.8) is 0 Å². The van der Waals surface area contributed by atoms with Crippen LogP contribution in [0.1, 0.15) is 13.8 Å². The van der Waals surface area contributed by atoms with E-state index in [0.29, 0.717) is 12.5 Å². The lowest BCUT2D eigenvalue weighted by molar-refractivity contribution is 0.602. The van der Waals surface area contributed by atoms with E-state index in [1.165, 1.54) is 17.1 Å². The van der Waals surface area contributed by atoms with Crippen LogP contribution >= 0.6 is 0 Å². The first-order valence-corrected chi connectivity index (χ1v) is 8.29. The Morgan fingerprint density at radius 2 is 1.95 bits per heavy atom. The van der Waals surface area contributed by atoms with Gasteiger partial charge in [-0.2, -0.15) is 4.68 Å². The van der Waals surface area contributed by atoms with E-state index in [0.717, 1.165) is 6.26 Å². The molecule has 0 atom stereocenters. The second-order valence-corrected chi connectivity index (χ2v) is 7.02. The molecule has 8 nitrogen and oxygen atoms in total. The van der Waals surface area contributed by atoms with Crippen LogP contribution in [0.4, 0.5) is 11.6 Å². The summed E-state index contributed by atoms with van der Waals surface area (Å²) in [5.41, 5.74) is 5.93. The quantitative estimate of drug-likeness (QED) is 0.835. The zero-order valence-electron chi connectivity index (χ0n) is 12.1. The number of nitrogens with two attached hydrogens (primary N) is 1. The Bertz CT molecular complexity index is 724. The first-order chi connectivity index (χ1) is 9.80. The summed E-state index contributed by atoms with van der Waals surface area (Å²) in [5.74, 6) is 0.764. The number of nitrogens with zero attached hydrogens (tertiary/aromatic N) is 4. The van der Waals surface area contributed by atoms with Crippen molar-refractivity contribution in [2.75, 3.05) is 23.9 Å². The zero-order valence-corrected chi connectivity index (χ0v) is 12.9. The largest absolute Gasteiger partial charge is 0.382 e. The lowest BCUT2D eigenvalue weighted by Gasteiger charge is -2.07. The third-order valence-corrected chi connectivity index (χ3v) is 3.81. The summed E-state index contributed by atoms with van der Waals surface area (Å²) in [6.07, 6.45) is 4.16. The maximum absolute atomic E-state index is 11.9. The van der Waals surface area contributed by atoms with Crippen LogP contribution in [-0.4, -0.2) is 41.0 Å². The maximum Gasteiger partial charge on any atom is 0.252 e. The second kappa shape index (κ2) is 5.68. The number of rotatable bonds is 5. The Labute approximate surface area is 123 Å². The van der Waals surface area contributed by atoms with E-state index >= 15 is 0 Å². The highest BCUT2D eigenvalue weighted by molar-refractivity contribution is 7.91. The summed E-state index contributed by atoms with van der Waals surface area (Å²) in [4.78, 5) is 8.02. The molecule has 0 spiro atoms. The number of aromatic nitrogens is 4. The molecule has 2 aromatic heterocycles. The molecule has 9 heteroatoms. The third-order valence-electron chi connectivity index (χ3n) is 2.67. The molecule has 0 unspecified atom stereocenters. The van der Waals surface area contributed by atoms with Gasteiger partial charge in [0, 0.05) is 25.2 Å². The van der Waals surface area contributed by atoms with Crippen LogP contribution in [0.2, 0.25) is 0 Å². The summed E-state index contributed by atoms with van der Waals surface area (Å²) in [6, 6.07) is 1.65. The van der Waals surface area contributed by atoms with E-state index in [4.69, 9.17) is 5.73 Å². The van der Waals surface area contributed by atoms with Gasteiger partial charge in [0.15, 0.2) is 26.4 Å². The minimum Gasteiger partial charge on any atom is -0.382 e. The fourth-order valence-electron chi connectivity index (χ4n) is 1.75. The number of sulfone groups is 1. The standard InChI is InChI=1S/C12H18N6O2S/c1-8(2)7-16-11-9(21(3,19)20)10(13)18(17-11)12-14-5-4-6-15-12/h4-6,8H,7,13H2,1-3H3,(H,16,17). The van der Waals surface area contributed by atoms with E-state index in [2.05, 4.69) is 20.4 Å². The highest BCUT2D eigenvalue weighted by atomic mass is 32.2. The molecule has 3 N–H and O–H groups in total. The van der Waals surface area contributed by atoms with Gasteiger partial charge in [0.05, 0.1) is 0 Å². The molecule has 2 rings (SSSR count). The van der Waals surface area contributed by atoms with Crippen molar-refractivity contribution < 1.29 is 8.42 Å². The van der Waals surface area contributed by atoms with Crippen LogP contribution in [0.15, 0.2) is 23.4 Å². The van der Waals surface area contributed by atoms with E-state index in [1.54, 1.807) is 6.07 Å². The number of nitrogens with one attached hydrogen (secondary N) is 1. The lowest BCUT2D eigenvalue weighted by atomic mass is 10.2. The topological polar surface area (TPSA) is 116 Å². The molecule has 0 radical (unpaired) electrons. The molecular weight excluding hydrogens is 292 g/mol. The molecule has 0 aliphatic carbocycles. The molecule has 2 heterocycles. The van der Waals surface area contributed by atoms with E-state index in [1.807, 2.05) is 13.8 Å². The Hall–Kier alpha value is -2.16. The Morgan fingerprint density at radius 1 is 1.33 bits per heavy atom. The van der Waals surface area contributed by atoms with E-state index in [9.17, 15) is 8.42 Å². The first-order valence-electron chi connectivity index (χ1n) is 6.40. The third kappa shape index (κ3) is 3.30. The fraction of sp³-hybridized carbons (Fsp3) is 0.417. The normalized spacial score (nSPS) is 11.8. The Morgan fingerprint density at radius 3 is 2.48 bits per heavy atom. The van der Waals surface area contributed by atoms with Crippen molar-refractivity contribution in [1.29, 1.82) is 0 Å². The van der Waals surface area contributed by atoms with Gasteiger partial charge in [-0.1, -0.05) is 13.8 Å². The van der Waals surface area contributed by atoms with Crippen LogP contribution in [0, 0.1) is 5.92 Å². The minimum atomic E-state index is -3.53. The number of nitrogen functional groups attached to an aromatic ring is 1. The molecule has 2 aromatic rings. The Balaban J connectivity index is 2.55. The fourth-order valence-corrected chi connectivity index (χ4v) is 2.68. The highest BCUT2D eigenvalue weighted by Gasteiger charge is 2.25. The van der Waals surface area contributed by atoms with Gasteiger partial charge in [0.2, 0.25) is 0 Å². The number of hydrogen-bond donors (Lipinski definition) is 2. The smallest absolute Gasteiger partial charge is 0.252 e. The van der Waals surface area contributed by atoms with Crippen molar-refractivity contribution in [2.24, 2.45) is 5.92 Å². The SMILES string of the molecule is CC(C)CNc1nn(-c2ncccn2)c(N)c1S(C)(=O)=O. The van der Waals surface area contributed by atoms with Gasteiger partial charge in [-0.25, -0.2) is 18.4 Å². The molecule has 0 fully saturated rings. The van der Waals surface area contributed by atoms with Gasteiger partial charge in [-0.15, -0.1) is 5.10 Å². The van der Waals surface area contributed by atoms with Crippen molar-refractivity contribution in [2.45, 2.75) is 18.7 Å². The van der Waals surface area contributed by atoms with E-state index in [-0.39, 0.29) is 22.5 Å². The van der Waals surface area contributed by atoms with Crippen molar-refractivity contribution >= 4 is 21.5 Å². The van der Waals surface area contributed by atoms with Gasteiger partial charge in [-0.3, -0.25) is 0 Å². The molecular formula is C12H18N6O2S. The summed E-state index contributed by atoms with van der Waals surface area (Å²) < 4.78 is 25.1. The molecule has 0 aliphatic rings. The Kier molecular flexibility index (Phi) is 4.12. The molecule has 0 saturated carbocycles. The van der Waals surface area contributed by atoms with Gasteiger partial charge in [-0.05, 0) is 12.0 Å². The molecule has 114 valence electrons. The van der Waals surface area contributed by atoms with Crippen LogP contribution in [0.3, 0.4) is 0 Å². The summed E-state index contributed by atoms with van der Waals surface area (Å²) in [6.45, 7) is 4.59. The van der Waals surface area contributed by atoms with E-state index < -0.39 is 9.84 Å². The first kappa shape index (κ1) is 15.2. The van der Waals surface area contributed by atoms with Crippen molar-refractivity contribution in [3.8, 4) is 5.95 Å². The predicted molar refractivity (Wildman–Crippen MR) is 80.0 cm³/mol. The average molecular weight is 310 g/mol. The van der Waals surface area contributed by atoms with Gasteiger partial charge >= 0.3 is 0 Å². The number of hydrogen-bond acceptors (Lipinski definition) is 7. The van der Waals surface area contributed by atoms with Gasteiger partial charge < -0.3 is 11.1 Å². The molecule has 0 bridgehead atoms. The molecule has 0 saturated heterocycles. The second-order valence-electron chi connectivity index (χ2n) is 5.07. The number of anilines is 2. The van der Waals surface area contributed by atoms with Gasteiger partial charge in [0.1, 0.15) is 0 Å². The maximum atomic E-state index is 11.9. The highest BCUT2D eigenvalue weighted by Crippen LogP contribution is 2.28. The summed E-state index contributed by atoms with van der Waals surface area (Å²) in [7, 11) is -3.53. The van der Waals surface area contributed by atoms with Crippen LogP contribution < -0.4 is 11.1 Å². The average Bonchev–Trinajstić information content (AvgIpc) is 2.74. The summed E-state index contributed by atoms with van der Waals surface area (Å²) >= 11 is 0. The minimum absolute atomic E-state index is 0.00467. The molecule has 0 aliphatic heterocycles. The predicted octanol–water partition coefficient (Wildman–Crippen LogP) is 0.716. The van der Waals surface area contributed by atoms with Crippen LogP contribution in [0.25, 0.3) is 5.95 Å². The molecule has 0 aromatic carbocycles. The molecule has 0 amide bonds. The lowest BCUT2D eigenvalue weighted by Crippen LogP contribution is -2.11. The zero-order chi connectivity index (χ0) is 15.6. The monoisotopic (exact) mass is 310 g/mol. The van der Waals surface area contributed by atoms with Crippen LogP contribution in [-0.2, 0) is 9.84 Å². The van der Waals surface area contributed by atoms with Crippen molar-refractivity contribution in [1.82, 2.24) is 19.7 Å². The van der Waals surface area contributed by atoms with Gasteiger partial charge in [0.25, 0.3) is 5.95 Å².